The van der Waals surface area contributed by atoms with Crippen LogP contribution in [0.3, 0.4) is 0 Å². The lowest BCUT2D eigenvalue weighted by atomic mass is 10.0. The first-order chi connectivity index (χ1) is 8.59. The molecule has 18 heavy (non-hydrogen) atoms. The van der Waals surface area contributed by atoms with Crippen LogP contribution in [0, 0.1) is 5.92 Å². The van der Waals surface area contributed by atoms with Crippen molar-refractivity contribution in [1.82, 2.24) is 20.2 Å². The average molecular weight is 254 g/mol. The number of carbonyl (C=O) groups is 1. The Labute approximate surface area is 105 Å². The summed E-state index contributed by atoms with van der Waals surface area (Å²) in [6.45, 7) is 4.95. The molecule has 0 aliphatic carbocycles. The summed E-state index contributed by atoms with van der Waals surface area (Å²) < 4.78 is 7.21. The van der Waals surface area contributed by atoms with E-state index in [-0.39, 0.29) is 17.9 Å². The van der Waals surface area contributed by atoms with Gasteiger partial charge in [-0.2, -0.15) is 0 Å². The number of aryl methyl sites for hydroxylation is 1. The van der Waals surface area contributed by atoms with Crippen molar-refractivity contribution < 1.29 is 14.6 Å². The highest BCUT2D eigenvalue weighted by atomic mass is 16.5. The lowest BCUT2D eigenvalue weighted by Gasteiger charge is -2.14. The van der Waals surface area contributed by atoms with E-state index in [9.17, 15) is 4.79 Å². The van der Waals surface area contributed by atoms with Crippen molar-refractivity contribution in [3.63, 3.8) is 0 Å². The molecule has 0 amide bonds. The molecule has 1 saturated heterocycles. The van der Waals surface area contributed by atoms with Crippen molar-refractivity contribution in [3.8, 4) is 0 Å². The van der Waals surface area contributed by atoms with Crippen LogP contribution in [0.1, 0.15) is 38.4 Å². The number of aliphatic carboxylic acids is 1. The fourth-order valence-corrected chi connectivity index (χ4v) is 2.15. The lowest BCUT2D eigenvalue weighted by molar-refractivity contribution is -0.141. The van der Waals surface area contributed by atoms with Gasteiger partial charge in [0.15, 0.2) is 5.82 Å². The van der Waals surface area contributed by atoms with Crippen molar-refractivity contribution in [1.29, 1.82) is 0 Å². The summed E-state index contributed by atoms with van der Waals surface area (Å²) in [5.41, 5.74) is 0. The van der Waals surface area contributed by atoms with E-state index < -0.39 is 5.97 Å². The van der Waals surface area contributed by atoms with Crippen LogP contribution in [-0.4, -0.2) is 44.0 Å². The second kappa shape index (κ2) is 5.43. The molecule has 1 aliphatic rings. The van der Waals surface area contributed by atoms with Crippen molar-refractivity contribution in [2.75, 3.05) is 6.61 Å². The molecule has 7 heteroatoms. The number of carboxylic acid groups (broad SMARTS) is 1. The first kappa shape index (κ1) is 12.9. The summed E-state index contributed by atoms with van der Waals surface area (Å²) in [4.78, 5) is 10.8. The molecule has 1 aliphatic heterocycles. The summed E-state index contributed by atoms with van der Waals surface area (Å²) in [7, 11) is 0. The molecule has 1 aromatic rings. The zero-order chi connectivity index (χ0) is 13.1. The van der Waals surface area contributed by atoms with Crippen LogP contribution in [0.4, 0.5) is 0 Å². The highest BCUT2D eigenvalue weighted by Crippen LogP contribution is 2.29. The minimum Gasteiger partial charge on any atom is -0.481 e. The van der Waals surface area contributed by atoms with E-state index in [0.717, 1.165) is 18.9 Å². The first-order valence-electron chi connectivity index (χ1n) is 6.20. The third kappa shape index (κ3) is 2.66. The fourth-order valence-electron chi connectivity index (χ4n) is 2.15. The number of rotatable bonds is 5. The predicted molar refractivity (Wildman–Crippen MR) is 62.0 cm³/mol. The number of carboxylic acids is 1. The minimum absolute atomic E-state index is 0.117. The maximum absolute atomic E-state index is 10.8. The highest BCUT2D eigenvalue weighted by molar-refractivity contribution is 5.69. The molecule has 0 aromatic carbocycles. The van der Waals surface area contributed by atoms with Crippen molar-refractivity contribution in [2.45, 2.75) is 45.3 Å². The van der Waals surface area contributed by atoms with E-state index in [4.69, 9.17) is 9.84 Å². The van der Waals surface area contributed by atoms with Gasteiger partial charge in [0, 0.05) is 19.1 Å². The maximum Gasteiger partial charge on any atom is 0.306 e. The van der Waals surface area contributed by atoms with Gasteiger partial charge in [0.25, 0.3) is 0 Å². The minimum atomic E-state index is -0.790. The Kier molecular flexibility index (Phi) is 3.90. The van der Waals surface area contributed by atoms with Crippen molar-refractivity contribution in [2.24, 2.45) is 5.92 Å². The Morgan fingerprint density at radius 3 is 3.06 bits per heavy atom. The fraction of sp³-hybridized carbons (Fsp3) is 0.818. The highest BCUT2D eigenvalue weighted by Gasteiger charge is 2.30. The van der Waals surface area contributed by atoms with E-state index in [1.54, 1.807) is 11.6 Å². The molecule has 3 unspecified atom stereocenters. The Morgan fingerprint density at radius 1 is 1.67 bits per heavy atom. The molecule has 0 spiro atoms. The zero-order valence-electron chi connectivity index (χ0n) is 10.6. The molecule has 100 valence electrons. The van der Waals surface area contributed by atoms with Crippen LogP contribution < -0.4 is 0 Å². The molecule has 2 heterocycles. The van der Waals surface area contributed by atoms with E-state index in [1.807, 2.05) is 6.92 Å². The topological polar surface area (TPSA) is 90.1 Å². The number of hydrogen-bond donors (Lipinski definition) is 1. The van der Waals surface area contributed by atoms with Gasteiger partial charge in [0.2, 0.25) is 0 Å². The second-order valence-corrected chi connectivity index (χ2v) is 4.76. The summed E-state index contributed by atoms with van der Waals surface area (Å²) >= 11 is 0. The van der Waals surface area contributed by atoms with E-state index >= 15 is 0 Å². The van der Waals surface area contributed by atoms with Gasteiger partial charge in [-0.05, 0) is 30.2 Å². The summed E-state index contributed by atoms with van der Waals surface area (Å²) in [5, 5.41) is 20.5. The van der Waals surface area contributed by atoms with E-state index in [1.165, 1.54) is 0 Å². The molecular weight excluding hydrogens is 236 g/mol. The van der Waals surface area contributed by atoms with Crippen LogP contribution in [0.5, 0.6) is 0 Å². The van der Waals surface area contributed by atoms with Crippen molar-refractivity contribution in [3.05, 3.63) is 5.82 Å². The molecule has 0 saturated carbocycles. The van der Waals surface area contributed by atoms with Gasteiger partial charge in [0.1, 0.15) is 0 Å². The molecule has 1 fully saturated rings. The molecule has 0 radical (unpaired) electrons. The molecule has 2 rings (SSSR count). The van der Waals surface area contributed by atoms with Crippen LogP contribution in [0.25, 0.3) is 0 Å². The van der Waals surface area contributed by atoms with Gasteiger partial charge in [-0.1, -0.05) is 6.92 Å². The summed E-state index contributed by atoms with van der Waals surface area (Å²) in [5.74, 6) is -0.167. The Bertz CT molecular complexity index is 420. The monoisotopic (exact) mass is 254 g/mol. The van der Waals surface area contributed by atoms with Crippen LogP contribution >= 0.6 is 0 Å². The molecule has 3 atom stereocenters. The Hall–Kier alpha value is -1.50. The molecule has 0 bridgehead atoms. The standard InChI is InChI=1S/C11H18N4O3/c1-7(11(16)17)3-5-15-10(12-13-14-15)9-4-6-18-8(9)2/h7-9H,3-6H2,1-2H3,(H,16,17). The Balaban J connectivity index is 2.01. The predicted octanol–water partition coefficient (Wildman–Crippen LogP) is 0.676. The normalized spacial score (nSPS) is 25.2. The quantitative estimate of drug-likeness (QED) is 0.830. The third-order valence-corrected chi connectivity index (χ3v) is 3.46. The Morgan fingerprint density at radius 2 is 2.44 bits per heavy atom. The van der Waals surface area contributed by atoms with Gasteiger partial charge in [-0.15, -0.1) is 5.10 Å². The largest absolute Gasteiger partial charge is 0.481 e. The van der Waals surface area contributed by atoms with Gasteiger partial charge in [-0.25, -0.2) is 4.68 Å². The molecule has 1 aromatic heterocycles. The number of nitrogens with zero attached hydrogens (tertiary/aromatic N) is 4. The molecule has 7 nitrogen and oxygen atoms in total. The van der Waals surface area contributed by atoms with Crippen LogP contribution in [0.2, 0.25) is 0 Å². The number of ether oxygens (including phenoxy) is 1. The van der Waals surface area contributed by atoms with Gasteiger partial charge >= 0.3 is 5.97 Å². The van der Waals surface area contributed by atoms with Crippen LogP contribution in [0.15, 0.2) is 0 Å². The van der Waals surface area contributed by atoms with Crippen LogP contribution in [-0.2, 0) is 16.1 Å². The van der Waals surface area contributed by atoms with Crippen molar-refractivity contribution >= 4 is 5.97 Å². The summed E-state index contributed by atoms with van der Waals surface area (Å²) in [6, 6.07) is 0. The smallest absolute Gasteiger partial charge is 0.306 e. The maximum atomic E-state index is 10.8. The number of tetrazole rings is 1. The van der Waals surface area contributed by atoms with E-state index in [0.29, 0.717) is 13.0 Å². The molecule has 1 N–H and O–H groups in total. The zero-order valence-corrected chi connectivity index (χ0v) is 10.6. The number of aromatic nitrogens is 4. The second-order valence-electron chi connectivity index (χ2n) is 4.76. The SMILES string of the molecule is CC(CCn1nnnc1C1CCOC1C)C(=O)O. The van der Waals surface area contributed by atoms with Gasteiger partial charge < -0.3 is 9.84 Å². The lowest BCUT2D eigenvalue weighted by Crippen LogP contribution is -2.19. The molecular formula is C11H18N4O3. The first-order valence-corrected chi connectivity index (χ1v) is 6.20. The van der Waals surface area contributed by atoms with E-state index in [2.05, 4.69) is 15.5 Å². The number of hydrogen-bond acceptors (Lipinski definition) is 5. The third-order valence-electron chi connectivity index (χ3n) is 3.46. The van der Waals surface area contributed by atoms with Gasteiger partial charge in [0.05, 0.1) is 12.0 Å². The average Bonchev–Trinajstić information content (AvgIpc) is 2.93. The van der Waals surface area contributed by atoms with Gasteiger partial charge in [-0.3, -0.25) is 4.79 Å². The summed E-state index contributed by atoms with van der Waals surface area (Å²) in [6.07, 6.45) is 1.55.